The maximum Gasteiger partial charge on any atom is 0.295 e. The standard InChI is InChI=1S/C27H34N2O6/c1-5-34-22-17-20(7-8-21(22)35-16-11-18(2)3)24-23(25(30)19-9-12-28-13-10-19)26(31)27(32)29(24)14-6-15-33-4/h7-10,12-13,17-18,24,30H,5-6,11,14-16H2,1-4H3/b25-23+. The van der Waals surface area contributed by atoms with Crippen molar-refractivity contribution in [2.75, 3.05) is 33.5 Å². The molecule has 1 fully saturated rings. The molecular weight excluding hydrogens is 448 g/mol. The van der Waals surface area contributed by atoms with Crippen LogP contribution in [-0.2, 0) is 14.3 Å². The molecular formula is C27H34N2O6. The molecule has 2 heterocycles. The van der Waals surface area contributed by atoms with Gasteiger partial charge in [0, 0.05) is 38.2 Å². The van der Waals surface area contributed by atoms with Crippen molar-refractivity contribution in [3.63, 3.8) is 0 Å². The van der Waals surface area contributed by atoms with E-state index in [0.29, 0.717) is 61.3 Å². The van der Waals surface area contributed by atoms with Crippen LogP contribution in [0.2, 0.25) is 0 Å². The summed E-state index contributed by atoms with van der Waals surface area (Å²) < 4.78 is 16.9. The molecule has 0 bridgehead atoms. The number of pyridine rings is 1. The lowest BCUT2D eigenvalue weighted by Gasteiger charge is -2.26. The number of carbonyl (C=O) groups excluding carboxylic acids is 2. The minimum absolute atomic E-state index is 0.0366. The zero-order valence-corrected chi connectivity index (χ0v) is 20.8. The molecule has 0 spiro atoms. The predicted octanol–water partition coefficient (Wildman–Crippen LogP) is 4.36. The molecule has 1 aliphatic rings. The maximum atomic E-state index is 13.1. The summed E-state index contributed by atoms with van der Waals surface area (Å²) in [7, 11) is 1.58. The topological polar surface area (TPSA) is 98.2 Å². The average molecular weight is 483 g/mol. The first-order chi connectivity index (χ1) is 16.9. The molecule has 35 heavy (non-hydrogen) atoms. The molecule has 1 aromatic carbocycles. The van der Waals surface area contributed by atoms with Gasteiger partial charge in [0.1, 0.15) is 5.76 Å². The Kier molecular flexibility index (Phi) is 9.25. The zero-order chi connectivity index (χ0) is 25.4. The fraction of sp³-hybridized carbons (Fsp3) is 0.444. The number of amides is 1. The predicted molar refractivity (Wildman–Crippen MR) is 132 cm³/mol. The van der Waals surface area contributed by atoms with Crippen LogP contribution in [0.1, 0.15) is 50.8 Å². The zero-order valence-electron chi connectivity index (χ0n) is 20.8. The van der Waals surface area contributed by atoms with Crippen molar-refractivity contribution in [2.45, 2.75) is 39.7 Å². The van der Waals surface area contributed by atoms with Gasteiger partial charge >= 0.3 is 0 Å². The minimum atomic E-state index is -0.774. The highest BCUT2D eigenvalue weighted by Crippen LogP contribution is 2.42. The highest BCUT2D eigenvalue weighted by molar-refractivity contribution is 6.46. The average Bonchev–Trinajstić information content (AvgIpc) is 3.10. The van der Waals surface area contributed by atoms with Crippen LogP contribution < -0.4 is 9.47 Å². The number of rotatable bonds is 12. The second-order valence-electron chi connectivity index (χ2n) is 8.74. The lowest BCUT2D eigenvalue weighted by atomic mass is 9.95. The number of carbonyl (C=O) groups is 2. The van der Waals surface area contributed by atoms with Gasteiger partial charge in [-0.1, -0.05) is 19.9 Å². The van der Waals surface area contributed by atoms with E-state index in [1.807, 2.05) is 13.0 Å². The third kappa shape index (κ3) is 6.19. The number of benzene rings is 1. The van der Waals surface area contributed by atoms with E-state index in [9.17, 15) is 14.7 Å². The Labute approximate surface area is 206 Å². The van der Waals surface area contributed by atoms with Gasteiger partial charge in [0.05, 0.1) is 24.8 Å². The number of likely N-dealkylation sites (tertiary alicyclic amines) is 1. The SMILES string of the molecule is CCOc1cc(C2/C(=C(\O)c3ccncc3)C(=O)C(=O)N2CCCOC)ccc1OCCC(C)C. The van der Waals surface area contributed by atoms with Gasteiger partial charge in [0.2, 0.25) is 0 Å². The first-order valence-electron chi connectivity index (χ1n) is 12.0. The van der Waals surface area contributed by atoms with Crippen molar-refractivity contribution in [3.05, 3.63) is 59.4 Å². The Hall–Kier alpha value is -3.39. The van der Waals surface area contributed by atoms with Crippen molar-refractivity contribution in [2.24, 2.45) is 5.92 Å². The lowest BCUT2D eigenvalue weighted by molar-refractivity contribution is -0.140. The van der Waals surface area contributed by atoms with Crippen molar-refractivity contribution < 1.29 is 28.9 Å². The summed E-state index contributed by atoms with van der Waals surface area (Å²) in [6, 6.07) is 7.82. The summed E-state index contributed by atoms with van der Waals surface area (Å²) in [5, 5.41) is 11.1. The molecule has 188 valence electrons. The van der Waals surface area contributed by atoms with E-state index in [1.165, 1.54) is 17.3 Å². The van der Waals surface area contributed by atoms with Crippen LogP contribution in [0.25, 0.3) is 5.76 Å². The Balaban J connectivity index is 2.07. The van der Waals surface area contributed by atoms with E-state index in [-0.39, 0.29) is 11.3 Å². The van der Waals surface area contributed by atoms with Crippen molar-refractivity contribution >= 4 is 17.4 Å². The Morgan fingerprint density at radius 2 is 1.83 bits per heavy atom. The third-order valence-corrected chi connectivity index (χ3v) is 5.78. The monoisotopic (exact) mass is 482 g/mol. The first-order valence-corrected chi connectivity index (χ1v) is 12.0. The summed E-state index contributed by atoms with van der Waals surface area (Å²) in [6.45, 7) is 7.85. The molecule has 3 rings (SSSR count). The fourth-order valence-electron chi connectivity index (χ4n) is 3.99. The molecule has 0 saturated carbocycles. The van der Waals surface area contributed by atoms with Crippen LogP contribution >= 0.6 is 0 Å². The molecule has 0 radical (unpaired) electrons. The van der Waals surface area contributed by atoms with Gasteiger partial charge in [-0.25, -0.2) is 0 Å². The molecule has 1 amide bonds. The molecule has 2 aromatic rings. The van der Waals surface area contributed by atoms with Crippen molar-refractivity contribution in [3.8, 4) is 11.5 Å². The summed E-state index contributed by atoms with van der Waals surface area (Å²) >= 11 is 0. The highest BCUT2D eigenvalue weighted by Gasteiger charge is 2.46. The van der Waals surface area contributed by atoms with Crippen LogP contribution in [0.15, 0.2) is 48.3 Å². The number of hydrogen-bond acceptors (Lipinski definition) is 7. The largest absolute Gasteiger partial charge is 0.507 e. The van der Waals surface area contributed by atoms with E-state index in [1.54, 1.807) is 31.4 Å². The van der Waals surface area contributed by atoms with E-state index in [4.69, 9.17) is 14.2 Å². The van der Waals surface area contributed by atoms with E-state index < -0.39 is 17.7 Å². The van der Waals surface area contributed by atoms with E-state index in [2.05, 4.69) is 18.8 Å². The molecule has 8 nitrogen and oxygen atoms in total. The first kappa shape index (κ1) is 26.2. The second kappa shape index (κ2) is 12.4. The number of ether oxygens (including phenoxy) is 3. The number of aliphatic hydroxyl groups excluding tert-OH is 1. The molecule has 1 saturated heterocycles. The van der Waals surface area contributed by atoms with Crippen molar-refractivity contribution in [1.82, 2.24) is 9.88 Å². The van der Waals surface area contributed by atoms with Crippen LogP contribution in [0, 0.1) is 5.92 Å². The van der Waals surface area contributed by atoms with Crippen LogP contribution in [0.4, 0.5) is 0 Å². The number of Topliss-reactive ketones (excluding diaryl/α,β-unsaturated/α-hetero) is 1. The normalized spacial score (nSPS) is 17.3. The van der Waals surface area contributed by atoms with Gasteiger partial charge in [-0.3, -0.25) is 14.6 Å². The molecule has 1 atom stereocenters. The van der Waals surface area contributed by atoms with E-state index in [0.717, 1.165) is 6.42 Å². The number of aromatic nitrogens is 1. The summed E-state index contributed by atoms with van der Waals surface area (Å²) in [6.07, 6.45) is 4.49. The molecule has 1 aromatic heterocycles. The molecule has 1 unspecified atom stereocenters. The number of nitrogens with zero attached hydrogens (tertiary/aromatic N) is 2. The summed E-state index contributed by atoms with van der Waals surface area (Å²) in [5.74, 6) is 0.0146. The molecule has 1 N–H and O–H groups in total. The van der Waals surface area contributed by atoms with Crippen LogP contribution in [-0.4, -0.2) is 60.2 Å². The molecule has 0 aliphatic carbocycles. The van der Waals surface area contributed by atoms with Gasteiger partial charge in [-0.05, 0) is 55.5 Å². The number of methoxy groups -OCH3 is 1. The Bertz CT molecular complexity index is 1050. The van der Waals surface area contributed by atoms with Crippen LogP contribution in [0.3, 0.4) is 0 Å². The number of hydrogen-bond donors (Lipinski definition) is 1. The van der Waals surface area contributed by atoms with Gasteiger partial charge in [0.25, 0.3) is 11.7 Å². The quantitative estimate of drug-likeness (QED) is 0.208. The van der Waals surface area contributed by atoms with Gasteiger partial charge in [0.15, 0.2) is 11.5 Å². The van der Waals surface area contributed by atoms with Gasteiger partial charge in [-0.15, -0.1) is 0 Å². The minimum Gasteiger partial charge on any atom is -0.507 e. The number of ketones is 1. The lowest BCUT2D eigenvalue weighted by Crippen LogP contribution is -2.31. The number of aliphatic hydroxyl groups is 1. The Morgan fingerprint density at radius 1 is 1.09 bits per heavy atom. The van der Waals surface area contributed by atoms with Gasteiger partial charge < -0.3 is 24.2 Å². The Morgan fingerprint density at radius 3 is 2.49 bits per heavy atom. The third-order valence-electron chi connectivity index (χ3n) is 5.78. The van der Waals surface area contributed by atoms with E-state index >= 15 is 0 Å². The summed E-state index contributed by atoms with van der Waals surface area (Å²) in [4.78, 5) is 31.6. The highest BCUT2D eigenvalue weighted by atomic mass is 16.5. The molecule has 1 aliphatic heterocycles. The molecule has 8 heteroatoms. The summed E-state index contributed by atoms with van der Waals surface area (Å²) in [5.41, 5.74) is 1.10. The smallest absolute Gasteiger partial charge is 0.295 e. The second-order valence-corrected chi connectivity index (χ2v) is 8.74. The fourth-order valence-corrected chi connectivity index (χ4v) is 3.99. The maximum absolute atomic E-state index is 13.1. The van der Waals surface area contributed by atoms with Gasteiger partial charge in [-0.2, -0.15) is 0 Å². The van der Waals surface area contributed by atoms with Crippen molar-refractivity contribution in [1.29, 1.82) is 0 Å². The van der Waals surface area contributed by atoms with Crippen LogP contribution in [0.5, 0.6) is 11.5 Å².